The molecular weight excluding hydrogens is 300 g/mol. The second kappa shape index (κ2) is 11.5. The molecule has 0 saturated heterocycles. The van der Waals surface area contributed by atoms with Gasteiger partial charge in [-0.2, -0.15) is 0 Å². The van der Waals surface area contributed by atoms with Gasteiger partial charge in [-0.05, 0) is 37.0 Å². The molecule has 1 amide bonds. The number of primary amides is 1. The van der Waals surface area contributed by atoms with Crippen molar-refractivity contribution >= 4 is 11.9 Å². The summed E-state index contributed by atoms with van der Waals surface area (Å²) in [4.78, 5) is 15.9. The molecule has 1 aromatic rings. The van der Waals surface area contributed by atoms with E-state index in [2.05, 4.69) is 36.4 Å². The highest BCUT2D eigenvalue weighted by atomic mass is 16.1. The normalized spacial score (nSPS) is 12.7. The molecule has 4 N–H and O–H groups in total. The van der Waals surface area contributed by atoms with Crippen LogP contribution in [0.2, 0.25) is 0 Å². The molecule has 134 valence electrons. The molecule has 0 aliphatic rings. The van der Waals surface area contributed by atoms with Crippen molar-refractivity contribution in [2.75, 3.05) is 13.1 Å². The Hall–Kier alpha value is -2.04. The molecule has 5 heteroatoms. The number of carbonyl (C=O) groups is 1. The predicted molar refractivity (Wildman–Crippen MR) is 101 cm³/mol. The maximum absolute atomic E-state index is 11.3. The van der Waals surface area contributed by atoms with Gasteiger partial charge in [-0.15, -0.1) is 0 Å². The number of rotatable bonds is 10. The van der Waals surface area contributed by atoms with Crippen LogP contribution in [-0.4, -0.2) is 25.0 Å². The van der Waals surface area contributed by atoms with Gasteiger partial charge < -0.3 is 16.4 Å². The maximum Gasteiger partial charge on any atom is 0.248 e. The number of carbonyl (C=O) groups excluding carboxylic acids is 1. The summed E-state index contributed by atoms with van der Waals surface area (Å²) in [5.74, 6) is 1.08. The van der Waals surface area contributed by atoms with Crippen molar-refractivity contribution in [3.63, 3.8) is 0 Å². The van der Waals surface area contributed by atoms with Gasteiger partial charge in [0.1, 0.15) is 0 Å². The number of hydrogen-bond donors (Lipinski definition) is 3. The van der Waals surface area contributed by atoms with Gasteiger partial charge in [0.2, 0.25) is 5.91 Å². The van der Waals surface area contributed by atoms with Crippen LogP contribution in [0.15, 0.2) is 29.3 Å². The van der Waals surface area contributed by atoms with Gasteiger partial charge in [0, 0.05) is 18.7 Å². The van der Waals surface area contributed by atoms with Crippen molar-refractivity contribution < 1.29 is 4.79 Å². The highest BCUT2D eigenvalue weighted by Crippen LogP contribution is 2.11. The Balaban J connectivity index is 2.64. The molecule has 0 saturated carbocycles. The first-order valence-corrected chi connectivity index (χ1v) is 9.01. The molecule has 0 aliphatic carbocycles. The van der Waals surface area contributed by atoms with Crippen molar-refractivity contribution in [2.24, 2.45) is 16.6 Å². The fraction of sp³-hybridized carbons (Fsp3) is 0.579. The molecule has 0 aliphatic heterocycles. The summed E-state index contributed by atoms with van der Waals surface area (Å²) < 4.78 is 0. The molecular formula is C19H32N4O. The molecule has 1 unspecified atom stereocenters. The first-order chi connectivity index (χ1) is 11.6. The lowest BCUT2D eigenvalue weighted by molar-refractivity contribution is 0.1000. The predicted octanol–water partition coefficient (Wildman–Crippen LogP) is 3.06. The van der Waals surface area contributed by atoms with Crippen LogP contribution in [0, 0.1) is 5.92 Å². The van der Waals surface area contributed by atoms with Gasteiger partial charge in [-0.3, -0.25) is 4.79 Å². The highest BCUT2D eigenvalue weighted by Gasteiger charge is 2.07. The minimum absolute atomic E-state index is 0.410. The number of nitrogens with two attached hydrogens (primary N) is 1. The van der Waals surface area contributed by atoms with Crippen LogP contribution in [0.4, 0.5) is 0 Å². The van der Waals surface area contributed by atoms with E-state index in [1.54, 1.807) is 12.1 Å². The van der Waals surface area contributed by atoms with E-state index < -0.39 is 5.91 Å². The average molecular weight is 332 g/mol. The fourth-order valence-electron chi connectivity index (χ4n) is 2.52. The van der Waals surface area contributed by atoms with Crippen LogP contribution in [0.25, 0.3) is 0 Å². The number of nitrogens with zero attached hydrogens (tertiary/aromatic N) is 1. The number of amides is 1. The minimum Gasteiger partial charge on any atom is -0.366 e. The number of guanidine groups is 1. The van der Waals surface area contributed by atoms with E-state index in [0.717, 1.165) is 24.6 Å². The molecule has 0 radical (unpaired) electrons. The number of unbranched alkanes of at least 4 members (excludes halogenated alkanes) is 1. The molecule has 5 nitrogen and oxygen atoms in total. The lowest BCUT2D eigenvalue weighted by Crippen LogP contribution is -2.39. The molecule has 0 fully saturated rings. The van der Waals surface area contributed by atoms with Crippen molar-refractivity contribution in [1.82, 2.24) is 10.6 Å². The Morgan fingerprint density at radius 3 is 2.67 bits per heavy atom. The van der Waals surface area contributed by atoms with E-state index in [1.807, 2.05) is 12.1 Å². The maximum atomic E-state index is 11.3. The van der Waals surface area contributed by atoms with Gasteiger partial charge in [0.15, 0.2) is 5.96 Å². The minimum atomic E-state index is -0.410. The van der Waals surface area contributed by atoms with E-state index in [0.29, 0.717) is 18.0 Å². The van der Waals surface area contributed by atoms with Crippen LogP contribution in [0.3, 0.4) is 0 Å². The molecule has 1 aromatic carbocycles. The SMILES string of the molecule is CCCCC(CC)CNC(=NCc1cccc(C(N)=O)c1)NCC. The Labute approximate surface area is 146 Å². The second-order valence-electron chi connectivity index (χ2n) is 6.06. The molecule has 24 heavy (non-hydrogen) atoms. The van der Waals surface area contributed by atoms with E-state index in [4.69, 9.17) is 5.73 Å². The van der Waals surface area contributed by atoms with Crippen molar-refractivity contribution in [3.05, 3.63) is 35.4 Å². The zero-order chi connectivity index (χ0) is 17.8. The van der Waals surface area contributed by atoms with Crippen LogP contribution >= 0.6 is 0 Å². The summed E-state index contributed by atoms with van der Waals surface area (Å²) in [6, 6.07) is 7.31. The smallest absolute Gasteiger partial charge is 0.248 e. The number of nitrogens with one attached hydrogen (secondary N) is 2. The molecule has 0 aromatic heterocycles. The molecule has 0 heterocycles. The zero-order valence-corrected chi connectivity index (χ0v) is 15.3. The second-order valence-corrected chi connectivity index (χ2v) is 6.06. The standard InChI is InChI=1S/C19H32N4O/c1-4-7-9-15(5-2)13-22-19(21-6-3)23-14-16-10-8-11-17(12-16)18(20)24/h8,10-12,15H,4-7,9,13-14H2,1-3H3,(H2,20,24)(H2,21,22,23). The number of hydrogen-bond acceptors (Lipinski definition) is 2. The quantitative estimate of drug-likeness (QED) is 0.455. The molecule has 0 bridgehead atoms. The average Bonchev–Trinajstić information content (AvgIpc) is 2.59. The summed E-state index contributed by atoms with van der Waals surface area (Å²) in [6.07, 6.45) is 4.93. The van der Waals surface area contributed by atoms with Crippen molar-refractivity contribution in [3.8, 4) is 0 Å². The van der Waals surface area contributed by atoms with Crippen LogP contribution in [0.1, 0.15) is 62.4 Å². The summed E-state index contributed by atoms with van der Waals surface area (Å²) >= 11 is 0. The topological polar surface area (TPSA) is 79.5 Å². The third-order valence-electron chi connectivity index (χ3n) is 4.08. The van der Waals surface area contributed by atoms with Gasteiger partial charge in [-0.1, -0.05) is 45.2 Å². The monoisotopic (exact) mass is 332 g/mol. The van der Waals surface area contributed by atoms with Crippen LogP contribution in [0.5, 0.6) is 0 Å². The van der Waals surface area contributed by atoms with Crippen LogP contribution < -0.4 is 16.4 Å². The van der Waals surface area contributed by atoms with E-state index >= 15 is 0 Å². The van der Waals surface area contributed by atoms with Gasteiger partial charge in [-0.25, -0.2) is 4.99 Å². The lowest BCUT2D eigenvalue weighted by Gasteiger charge is -2.18. The van der Waals surface area contributed by atoms with Crippen molar-refractivity contribution in [1.29, 1.82) is 0 Å². The van der Waals surface area contributed by atoms with Crippen molar-refractivity contribution in [2.45, 2.75) is 53.0 Å². The Kier molecular flexibility index (Phi) is 9.58. The number of aliphatic imine (C=N–C) groups is 1. The summed E-state index contributed by atoms with van der Waals surface area (Å²) in [7, 11) is 0. The first kappa shape index (κ1) is 20.0. The summed E-state index contributed by atoms with van der Waals surface area (Å²) in [6.45, 7) is 8.79. The molecule has 0 spiro atoms. The summed E-state index contributed by atoms with van der Waals surface area (Å²) in [5.41, 5.74) is 6.82. The first-order valence-electron chi connectivity index (χ1n) is 9.01. The third-order valence-corrected chi connectivity index (χ3v) is 4.08. The van der Waals surface area contributed by atoms with Gasteiger partial charge in [0.25, 0.3) is 0 Å². The number of benzene rings is 1. The molecule has 1 rings (SSSR count). The fourth-order valence-corrected chi connectivity index (χ4v) is 2.52. The Morgan fingerprint density at radius 1 is 1.25 bits per heavy atom. The lowest BCUT2D eigenvalue weighted by atomic mass is 9.99. The Morgan fingerprint density at radius 2 is 2.04 bits per heavy atom. The third kappa shape index (κ3) is 7.49. The molecule has 1 atom stereocenters. The van der Waals surface area contributed by atoms with E-state index in [9.17, 15) is 4.79 Å². The zero-order valence-electron chi connectivity index (χ0n) is 15.3. The summed E-state index contributed by atoms with van der Waals surface area (Å²) in [5, 5.41) is 6.71. The Bertz CT molecular complexity index is 528. The largest absolute Gasteiger partial charge is 0.366 e. The van der Waals surface area contributed by atoms with Crippen LogP contribution in [-0.2, 0) is 6.54 Å². The van der Waals surface area contributed by atoms with Gasteiger partial charge in [0.05, 0.1) is 6.54 Å². The van der Waals surface area contributed by atoms with E-state index in [1.165, 1.54) is 25.7 Å². The van der Waals surface area contributed by atoms with E-state index in [-0.39, 0.29) is 0 Å². The van der Waals surface area contributed by atoms with Gasteiger partial charge >= 0.3 is 0 Å². The highest BCUT2D eigenvalue weighted by molar-refractivity contribution is 5.92.